The molecule has 0 aliphatic heterocycles. The predicted molar refractivity (Wildman–Crippen MR) is 72.5 cm³/mol. The topological polar surface area (TPSA) is 52.0 Å². The summed E-state index contributed by atoms with van der Waals surface area (Å²) in [5.41, 5.74) is 15.2. The van der Waals surface area contributed by atoms with Crippen molar-refractivity contribution >= 4 is 23.1 Å². The molecule has 2 aromatic rings. The summed E-state index contributed by atoms with van der Waals surface area (Å²) >= 11 is 1.72. The second-order valence-electron chi connectivity index (χ2n) is 3.58. The fraction of sp³-hybridized carbons (Fsp3) is 0.0769. The van der Waals surface area contributed by atoms with E-state index in [2.05, 4.69) is 24.5 Å². The van der Waals surface area contributed by atoms with Crippen LogP contribution in [0.25, 0.3) is 11.1 Å². The van der Waals surface area contributed by atoms with E-state index in [0.29, 0.717) is 5.69 Å². The Hall–Kier alpha value is -1.61. The predicted octanol–water partition coefficient (Wildman–Crippen LogP) is 3.24. The van der Waals surface area contributed by atoms with Crippen LogP contribution in [0.1, 0.15) is 0 Å². The van der Waals surface area contributed by atoms with E-state index in [1.165, 1.54) is 4.90 Å². The van der Waals surface area contributed by atoms with Crippen LogP contribution in [0.2, 0.25) is 0 Å². The van der Waals surface area contributed by atoms with Crippen LogP contribution in [0, 0.1) is 0 Å². The Labute approximate surface area is 99.7 Å². The normalized spacial score (nSPS) is 10.3. The third-order valence-corrected chi connectivity index (χ3v) is 3.18. The summed E-state index contributed by atoms with van der Waals surface area (Å²) in [5, 5.41) is 0. The largest absolute Gasteiger partial charge is 0.399 e. The van der Waals surface area contributed by atoms with Gasteiger partial charge in [0, 0.05) is 21.8 Å². The van der Waals surface area contributed by atoms with E-state index < -0.39 is 0 Å². The Bertz CT molecular complexity index is 509. The van der Waals surface area contributed by atoms with Crippen molar-refractivity contribution in [3.05, 3.63) is 42.5 Å². The van der Waals surface area contributed by atoms with Crippen molar-refractivity contribution in [1.82, 2.24) is 0 Å². The Morgan fingerprint density at radius 3 is 2.50 bits per heavy atom. The minimum Gasteiger partial charge on any atom is -0.399 e. The quantitative estimate of drug-likeness (QED) is 0.615. The first kappa shape index (κ1) is 10.9. The van der Waals surface area contributed by atoms with Gasteiger partial charge in [-0.05, 0) is 36.1 Å². The van der Waals surface area contributed by atoms with Crippen molar-refractivity contribution in [3.63, 3.8) is 0 Å². The summed E-state index contributed by atoms with van der Waals surface area (Å²) in [6.07, 6.45) is 2.06. The van der Waals surface area contributed by atoms with Gasteiger partial charge in [-0.25, -0.2) is 0 Å². The Morgan fingerprint density at radius 1 is 1.00 bits per heavy atom. The van der Waals surface area contributed by atoms with Crippen molar-refractivity contribution in [2.45, 2.75) is 4.90 Å². The summed E-state index contributed by atoms with van der Waals surface area (Å²) < 4.78 is 0. The van der Waals surface area contributed by atoms with Gasteiger partial charge in [0.05, 0.1) is 0 Å². The molecule has 82 valence electrons. The maximum absolute atomic E-state index is 5.96. The van der Waals surface area contributed by atoms with Gasteiger partial charge in [-0.15, -0.1) is 11.8 Å². The van der Waals surface area contributed by atoms with Crippen LogP contribution in [-0.2, 0) is 0 Å². The van der Waals surface area contributed by atoms with E-state index >= 15 is 0 Å². The van der Waals surface area contributed by atoms with Crippen LogP contribution in [0.15, 0.2) is 47.4 Å². The van der Waals surface area contributed by atoms with Crippen LogP contribution in [-0.4, -0.2) is 6.26 Å². The lowest BCUT2D eigenvalue weighted by atomic mass is 10.0. The molecule has 0 bridgehead atoms. The lowest BCUT2D eigenvalue weighted by molar-refractivity contribution is 1.46. The standard InChI is InChI=1S/C13H14N2S/c1-16-11-4-2-3-9(7-11)12-6-5-10(14)8-13(12)15/h2-8H,14-15H2,1H3. The molecule has 0 atom stereocenters. The number of nitrogens with two attached hydrogens (primary N) is 2. The molecule has 0 aliphatic rings. The Morgan fingerprint density at radius 2 is 1.81 bits per heavy atom. The number of benzene rings is 2. The molecule has 2 nitrogen and oxygen atoms in total. The van der Waals surface area contributed by atoms with Gasteiger partial charge in [-0.1, -0.05) is 18.2 Å². The van der Waals surface area contributed by atoms with E-state index in [1.807, 2.05) is 18.2 Å². The molecule has 0 heterocycles. The second kappa shape index (κ2) is 4.49. The molecular weight excluding hydrogens is 216 g/mol. The molecular formula is C13H14N2S. The Kier molecular flexibility index (Phi) is 3.06. The first-order valence-corrected chi connectivity index (χ1v) is 6.22. The van der Waals surface area contributed by atoms with Crippen LogP contribution in [0.3, 0.4) is 0 Å². The summed E-state index contributed by atoms with van der Waals surface area (Å²) in [6.45, 7) is 0. The molecule has 16 heavy (non-hydrogen) atoms. The highest BCUT2D eigenvalue weighted by Gasteiger charge is 2.03. The molecule has 0 radical (unpaired) electrons. The third kappa shape index (κ3) is 2.14. The lowest BCUT2D eigenvalue weighted by Crippen LogP contribution is -1.93. The van der Waals surface area contributed by atoms with Crippen LogP contribution >= 0.6 is 11.8 Å². The zero-order valence-electron chi connectivity index (χ0n) is 9.10. The van der Waals surface area contributed by atoms with Gasteiger partial charge < -0.3 is 11.5 Å². The van der Waals surface area contributed by atoms with Crippen molar-refractivity contribution in [3.8, 4) is 11.1 Å². The molecule has 0 aromatic heterocycles. The van der Waals surface area contributed by atoms with Gasteiger partial charge in [0.1, 0.15) is 0 Å². The average Bonchev–Trinajstić information content (AvgIpc) is 2.29. The van der Waals surface area contributed by atoms with Gasteiger partial charge in [0.15, 0.2) is 0 Å². The number of rotatable bonds is 2. The molecule has 0 saturated heterocycles. The van der Waals surface area contributed by atoms with Crippen molar-refractivity contribution < 1.29 is 0 Å². The first-order valence-electron chi connectivity index (χ1n) is 5.00. The minimum atomic E-state index is 0.697. The van der Waals surface area contributed by atoms with E-state index in [1.54, 1.807) is 17.8 Å². The second-order valence-corrected chi connectivity index (χ2v) is 4.46. The average molecular weight is 230 g/mol. The highest BCUT2D eigenvalue weighted by Crippen LogP contribution is 2.29. The molecule has 0 spiro atoms. The Balaban J connectivity index is 2.49. The third-order valence-electron chi connectivity index (χ3n) is 2.46. The molecule has 3 heteroatoms. The van der Waals surface area contributed by atoms with Crippen molar-refractivity contribution in [2.75, 3.05) is 17.7 Å². The molecule has 2 aromatic carbocycles. The number of thioether (sulfide) groups is 1. The first-order chi connectivity index (χ1) is 7.70. The molecule has 2 rings (SSSR count). The molecule has 0 saturated carbocycles. The van der Waals surface area contributed by atoms with E-state index in [-0.39, 0.29) is 0 Å². The van der Waals surface area contributed by atoms with Crippen LogP contribution in [0.5, 0.6) is 0 Å². The van der Waals surface area contributed by atoms with E-state index in [0.717, 1.165) is 16.8 Å². The SMILES string of the molecule is CSc1cccc(-c2ccc(N)cc2N)c1. The van der Waals surface area contributed by atoms with Gasteiger partial charge >= 0.3 is 0 Å². The summed E-state index contributed by atoms with van der Waals surface area (Å²) in [6, 6.07) is 13.9. The molecule has 4 N–H and O–H groups in total. The van der Waals surface area contributed by atoms with E-state index in [4.69, 9.17) is 11.5 Å². The van der Waals surface area contributed by atoms with E-state index in [9.17, 15) is 0 Å². The van der Waals surface area contributed by atoms with Gasteiger partial charge in [0.25, 0.3) is 0 Å². The zero-order chi connectivity index (χ0) is 11.5. The minimum absolute atomic E-state index is 0.697. The fourth-order valence-electron chi connectivity index (χ4n) is 1.63. The van der Waals surface area contributed by atoms with Gasteiger partial charge in [0.2, 0.25) is 0 Å². The number of anilines is 2. The fourth-order valence-corrected chi connectivity index (χ4v) is 2.09. The monoisotopic (exact) mass is 230 g/mol. The van der Waals surface area contributed by atoms with Gasteiger partial charge in [-0.2, -0.15) is 0 Å². The zero-order valence-corrected chi connectivity index (χ0v) is 9.92. The summed E-state index contributed by atoms with van der Waals surface area (Å²) in [4.78, 5) is 1.23. The highest BCUT2D eigenvalue weighted by molar-refractivity contribution is 7.98. The van der Waals surface area contributed by atoms with Crippen LogP contribution < -0.4 is 11.5 Å². The van der Waals surface area contributed by atoms with Crippen molar-refractivity contribution in [2.24, 2.45) is 0 Å². The van der Waals surface area contributed by atoms with Crippen LogP contribution in [0.4, 0.5) is 11.4 Å². The molecule has 0 amide bonds. The molecule has 0 aliphatic carbocycles. The smallest absolute Gasteiger partial charge is 0.0414 e. The number of hydrogen-bond donors (Lipinski definition) is 2. The summed E-state index contributed by atoms with van der Waals surface area (Å²) in [7, 11) is 0. The number of hydrogen-bond acceptors (Lipinski definition) is 3. The van der Waals surface area contributed by atoms with Crippen molar-refractivity contribution in [1.29, 1.82) is 0 Å². The highest BCUT2D eigenvalue weighted by atomic mass is 32.2. The maximum atomic E-state index is 5.96. The van der Waals surface area contributed by atoms with Gasteiger partial charge in [-0.3, -0.25) is 0 Å². The lowest BCUT2D eigenvalue weighted by Gasteiger charge is -2.07. The maximum Gasteiger partial charge on any atom is 0.0414 e. The molecule has 0 unspecified atom stereocenters. The summed E-state index contributed by atoms with van der Waals surface area (Å²) in [5.74, 6) is 0. The number of nitrogen functional groups attached to an aromatic ring is 2. The molecule has 0 fully saturated rings.